The Labute approximate surface area is 108 Å². The number of alkyl halides is 3. The van der Waals surface area contributed by atoms with Gasteiger partial charge < -0.3 is 10.6 Å². The zero-order valence-corrected chi connectivity index (χ0v) is 10.7. The van der Waals surface area contributed by atoms with Crippen molar-refractivity contribution >= 4 is 23.4 Å². The fourth-order valence-corrected chi connectivity index (χ4v) is 1.49. The molecule has 0 spiro atoms. The Kier molecular flexibility index (Phi) is 5.01. The Morgan fingerprint density at radius 3 is 2.67 bits per heavy atom. The molecule has 0 radical (unpaired) electrons. The lowest BCUT2D eigenvalue weighted by Gasteiger charge is -2.17. The van der Waals surface area contributed by atoms with E-state index in [1.807, 2.05) is 6.92 Å². The van der Waals surface area contributed by atoms with Crippen molar-refractivity contribution in [3.8, 4) is 0 Å². The molecular weight excluding hydrogens is 269 g/mol. The average molecular weight is 283 g/mol. The molecule has 0 saturated carbocycles. The van der Waals surface area contributed by atoms with Crippen molar-refractivity contribution in [1.29, 1.82) is 0 Å². The summed E-state index contributed by atoms with van der Waals surface area (Å²) in [6.45, 7) is 3.88. The number of hydrogen-bond acceptors (Lipinski definition) is 4. The third-order valence-electron chi connectivity index (χ3n) is 2.00. The third kappa shape index (κ3) is 4.95. The first kappa shape index (κ1) is 14.8. The molecule has 0 aliphatic heterocycles. The van der Waals surface area contributed by atoms with E-state index < -0.39 is 18.6 Å². The largest absolute Gasteiger partial charge is 0.391 e. The second-order valence-electron chi connectivity index (χ2n) is 3.79. The molecule has 18 heavy (non-hydrogen) atoms. The van der Waals surface area contributed by atoms with E-state index in [-0.39, 0.29) is 10.8 Å². The first-order valence-corrected chi connectivity index (χ1v) is 5.79. The second-order valence-corrected chi connectivity index (χ2v) is 4.19. The van der Waals surface area contributed by atoms with Gasteiger partial charge in [-0.05, 0) is 13.8 Å². The van der Waals surface area contributed by atoms with Gasteiger partial charge in [-0.2, -0.15) is 18.2 Å². The van der Waals surface area contributed by atoms with Crippen molar-refractivity contribution in [2.75, 3.05) is 17.2 Å². The number of nitrogens with zero attached hydrogens (tertiary/aromatic N) is 2. The van der Waals surface area contributed by atoms with Crippen molar-refractivity contribution in [1.82, 2.24) is 9.97 Å². The van der Waals surface area contributed by atoms with E-state index in [2.05, 4.69) is 20.6 Å². The molecule has 0 aromatic carbocycles. The molecule has 1 aromatic heterocycles. The molecule has 0 fully saturated rings. The van der Waals surface area contributed by atoms with Crippen LogP contribution in [0.2, 0.25) is 5.02 Å². The maximum Gasteiger partial charge on any atom is 0.391 e. The quantitative estimate of drug-likeness (QED) is 0.870. The molecule has 1 atom stereocenters. The van der Waals surface area contributed by atoms with Crippen LogP contribution in [-0.4, -0.2) is 28.7 Å². The molecular formula is C10H14ClF3N4. The summed E-state index contributed by atoms with van der Waals surface area (Å²) < 4.78 is 36.6. The number of anilines is 2. The topological polar surface area (TPSA) is 49.8 Å². The van der Waals surface area contributed by atoms with Crippen molar-refractivity contribution in [3.05, 3.63) is 11.2 Å². The maximum atomic E-state index is 12.2. The molecule has 1 aromatic rings. The Balaban J connectivity index is 2.73. The van der Waals surface area contributed by atoms with Gasteiger partial charge in [-0.25, -0.2) is 4.98 Å². The Bertz CT molecular complexity index is 397. The van der Waals surface area contributed by atoms with Gasteiger partial charge in [0, 0.05) is 12.6 Å². The summed E-state index contributed by atoms with van der Waals surface area (Å²) in [7, 11) is 0. The lowest BCUT2D eigenvalue weighted by atomic mass is 10.2. The van der Waals surface area contributed by atoms with Gasteiger partial charge in [0.25, 0.3) is 0 Å². The van der Waals surface area contributed by atoms with Gasteiger partial charge in [-0.1, -0.05) is 11.6 Å². The number of nitrogens with one attached hydrogen (secondary N) is 2. The van der Waals surface area contributed by atoms with Crippen LogP contribution in [0.3, 0.4) is 0 Å². The van der Waals surface area contributed by atoms with E-state index in [0.717, 1.165) is 0 Å². The summed E-state index contributed by atoms with van der Waals surface area (Å²) in [4.78, 5) is 7.89. The zero-order chi connectivity index (χ0) is 13.8. The predicted molar refractivity (Wildman–Crippen MR) is 65.0 cm³/mol. The molecule has 1 rings (SSSR count). The number of rotatable bonds is 5. The minimum atomic E-state index is -4.23. The van der Waals surface area contributed by atoms with Crippen LogP contribution in [0.25, 0.3) is 0 Å². The highest BCUT2D eigenvalue weighted by molar-refractivity contribution is 6.32. The van der Waals surface area contributed by atoms with Crippen molar-refractivity contribution < 1.29 is 13.2 Å². The summed E-state index contributed by atoms with van der Waals surface area (Å²) in [5.41, 5.74) is 0. The summed E-state index contributed by atoms with van der Waals surface area (Å²) in [6, 6.07) is -0.813. The summed E-state index contributed by atoms with van der Waals surface area (Å²) in [5.74, 6) is 0.517. The highest BCUT2D eigenvalue weighted by Crippen LogP contribution is 2.25. The highest BCUT2D eigenvalue weighted by Gasteiger charge is 2.30. The van der Waals surface area contributed by atoms with Crippen LogP contribution in [0.5, 0.6) is 0 Å². The first-order valence-electron chi connectivity index (χ1n) is 5.41. The summed E-state index contributed by atoms with van der Waals surface area (Å²) in [5, 5.41) is 5.66. The average Bonchev–Trinajstić information content (AvgIpc) is 2.20. The van der Waals surface area contributed by atoms with Crippen LogP contribution in [0.1, 0.15) is 20.3 Å². The fraction of sp³-hybridized carbons (Fsp3) is 0.600. The van der Waals surface area contributed by atoms with Crippen molar-refractivity contribution in [3.63, 3.8) is 0 Å². The molecule has 102 valence electrons. The molecule has 4 nitrogen and oxygen atoms in total. The van der Waals surface area contributed by atoms with E-state index in [1.54, 1.807) is 0 Å². The van der Waals surface area contributed by atoms with E-state index in [4.69, 9.17) is 11.6 Å². The van der Waals surface area contributed by atoms with Gasteiger partial charge in [-0.15, -0.1) is 0 Å². The van der Waals surface area contributed by atoms with Gasteiger partial charge >= 0.3 is 6.18 Å². The molecule has 0 bridgehead atoms. The van der Waals surface area contributed by atoms with E-state index >= 15 is 0 Å². The molecule has 0 amide bonds. The lowest BCUT2D eigenvalue weighted by molar-refractivity contribution is -0.136. The summed E-state index contributed by atoms with van der Waals surface area (Å²) >= 11 is 5.82. The standard InChI is InChI=1S/C10H14ClF3N4/c1-3-15-9-16-5-7(11)8(18-9)17-6(2)4-10(12,13)14/h5-6H,3-4H2,1-2H3,(H2,15,16,17,18). The third-order valence-corrected chi connectivity index (χ3v) is 2.28. The smallest absolute Gasteiger partial charge is 0.366 e. The van der Waals surface area contributed by atoms with Gasteiger partial charge in [-0.3, -0.25) is 0 Å². The van der Waals surface area contributed by atoms with Crippen LogP contribution in [0, 0.1) is 0 Å². The Hall–Kier alpha value is -1.24. The Morgan fingerprint density at radius 1 is 1.44 bits per heavy atom. The molecule has 8 heteroatoms. The lowest BCUT2D eigenvalue weighted by Crippen LogP contribution is -2.24. The molecule has 2 N–H and O–H groups in total. The molecule has 1 unspecified atom stereocenters. The normalized spacial score (nSPS) is 13.2. The van der Waals surface area contributed by atoms with E-state index in [1.165, 1.54) is 13.1 Å². The first-order chi connectivity index (χ1) is 8.31. The number of hydrogen-bond donors (Lipinski definition) is 2. The van der Waals surface area contributed by atoms with Gasteiger partial charge in [0.15, 0.2) is 5.82 Å². The van der Waals surface area contributed by atoms with Gasteiger partial charge in [0.1, 0.15) is 5.02 Å². The van der Waals surface area contributed by atoms with Crippen LogP contribution in [-0.2, 0) is 0 Å². The summed E-state index contributed by atoms with van der Waals surface area (Å²) in [6.07, 6.45) is -3.84. The SMILES string of the molecule is CCNc1ncc(Cl)c(NC(C)CC(F)(F)F)n1. The fourth-order valence-electron chi connectivity index (χ4n) is 1.34. The minimum absolute atomic E-state index is 0.186. The van der Waals surface area contributed by atoms with Gasteiger partial charge in [0.2, 0.25) is 5.95 Å². The predicted octanol–water partition coefficient (Wildman–Crippen LogP) is 3.31. The number of aromatic nitrogens is 2. The number of halogens is 4. The maximum absolute atomic E-state index is 12.2. The van der Waals surface area contributed by atoms with E-state index in [9.17, 15) is 13.2 Å². The molecule has 0 saturated heterocycles. The monoisotopic (exact) mass is 282 g/mol. The van der Waals surface area contributed by atoms with Crippen LogP contribution in [0.15, 0.2) is 6.20 Å². The van der Waals surface area contributed by atoms with Crippen LogP contribution in [0.4, 0.5) is 24.9 Å². The van der Waals surface area contributed by atoms with Crippen molar-refractivity contribution in [2.24, 2.45) is 0 Å². The second kappa shape index (κ2) is 6.08. The molecule has 1 heterocycles. The highest BCUT2D eigenvalue weighted by atomic mass is 35.5. The molecule has 0 aliphatic carbocycles. The Morgan fingerprint density at radius 2 is 2.11 bits per heavy atom. The molecule has 0 aliphatic rings. The minimum Gasteiger partial charge on any atom is -0.366 e. The van der Waals surface area contributed by atoms with Gasteiger partial charge in [0.05, 0.1) is 12.6 Å². The van der Waals surface area contributed by atoms with Crippen molar-refractivity contribution in [2.45, 2.75) is 32.5 Å². The van der Waals surface area contributed by atoms with Crippen LogP contribution < -0.4 is 10.6 Å². The zero-order valence-electron chi connectivity index (χ0n) is 9.98. The van der Waals surface area contributed by atoms with Crippen LogP contribution >= 0.6 is 11.6 Å². The van der Waals surface area contributed by atoms with E-state index in [0.29, 0.717) is 12.5 Å².